The molecule has 3 N–H and O–H groups in total. The van der Waals surface area contributed by atoms with Gasteiger partial charge in [0, 0.05) is 17.8 Å². The van der Waals surface area contributed by atoms with E-state index in [-0.39, 0.29) is 11.1 Å². The molecular formula is C12H10N2O2. The molecule has 1 heterocycles. The van der Waals surface area contributed by atoms with Gasteiger partial charge >= 0.3 is 0 Å². The van der Waals surface area contributed by atoms with Crippen LogP contribution in [0.5, 0.6) is 0 Å². The number of H-pyrrole nitrogens is 1. The van der Waals surface area contributed by atoms with E-state index in [1.54, 1.807) is 0 Å². The fourth-order valence-electron chi connectivity index (χ4n) is 1.45. The molecule has 0 radical (unpaired) electrons. The second-order valence-corrected chi connectivity index (χ2v) is 3.37. The number of aromatic nitrogens is 1. The van der Waals surface area contributed by atoms with Crippen molar-refractivity contribution >= 4 is 5.91 Å². The molecule has 80 valence electrons. The Hall–Kier alpha value is -2.36. The number of benzene rings is 1. The van der Waals surface area contributed by atoms with Crippen LogP contribution in [-0.2, 0) is 0 Å². The van der Waals surface area contributed by atoms with Crippen molar-refractivity contribution in [1.82, 2.24) is 4.98 Å². The molecule has 2 rings (SSSR count). The fourth-order valence-corrected chi connectivity index (χ4v) is 1.45. The van der Waals surface area contributed by atoms with E-state index in [1.165, 1.54) is 12.1 Å². The summed E-state index contributed by atoms with van der Waals surface area (Å²) >= 11 is 0. The maximum atomic E-state index is 11.4. The topological polar surface area (TPSA) is 76.0 Å². The van der Waals surface area contributed by atoms with Crippen LogP contribution in [0.1, 0.15) is 10.5 Å². The van der Waals surface area contributed by atoms with E-state index < -0.39 is 5.91 Å². The predicted molar refractivity (Wildman–Crippen MR) is 61.0 cm³/mol. The molecule has 0 fully saturated rings. The Kier molecular flexibility index (Phi) is 2.55. The third-order valence-electron chi connectivity index (χ3n) is 2.19. The number of pyridine rings is 1. The number of nitrogens with one attached hydrogen (secondary N) is 1. The van der Waals surface area contributed by atoms with Crippen molar-refractivity contribution in [2.24, 2.45) is 5.73 Å². The summed E-state index contributed by atoms with van der Waals surface area (Å²) in [7, 11) is 0. The molecule has 0 atom stereocenters. The first-order chi connectivity index (χ1) is 7.66. The lowest BCUT2D eigenvalue weighted by Gasteiger charge is -2.03. The molecule has 0 bridgehead atoms. The van der Waals surface area contributed by atoms with Crippen LogP contribution in [0.15, 0.2) is 47.3 Å². The Morgan fingerprint density at radius 3 is 2.44 bits per heavy atom. The maximum Gasteiger partial charge on any atom is 0.265 e. The first kappa shape index (κ1) is 10.2. The molecule has 0 aliphatic carbocycles. The fraction of sp³-hybridized carbons (Fsp3) is 0. The molecule has 0 spiro atoms. The standard InChI is InChI=1S/C12H10N2O2/c13-12(16)11-7-9(15)6-10(14-11)8-4-2-1-3-5-8/h1-7H,(H2,13,16)(H,14,15). The highest BCUT2D eigenvalue weighted by Crippen LogP contribution is 2.14. The Labute approximate surface area is 91.7 Å². The average Bonchev–Trinajstić information content (AvgIpc) is 2.29. The van der Waals surface area contributed by atoms with Crippen LogP contribution in [0.4, 0.5) is 0 Å². The number of rotatable bonds is 2. The third kappa shape index (κ3) is 2.00. The van der Waals surface area contributed by atoms with Gasteiger partial charge in [0.1, 0.15) is 5.69 Å². The molecule has 0 saturated carbocycles. The minimum absolute atomic E-state index is 0.117. The summed E-state index contributed by atoms with van der Waals surface area (Å²) < 4.78 is 0. The molecule has 4 nitrogen and oxygen atoms in total. The normalized spacial score (nSPS) is 10.0. The van der Waals surface area contributed by atoms with Crippen molar-refractivity contribution in [2.75, 3.05) is 0 Å². The van der Waals surface area contributed by atoms with Crippen LogP contribution in [0.25, 0.3) is 11.3 Å². The van der Waals surface area contributed by atoms with E-state index in [0.717, 1.165) is 5.56 Å². The largest absolute Gasteiger partial charge is 0.364 e. The van der Waals surface area contributed by atoms with Crippen LogP contribution >= 0.6 is 0 Å². The van der Waals surface area contributed by atoms with Crippen LogP contribution < -0.4 is 11.2 Å². The highest BCUT2D eigenvalue weighted by molar-refractivity contribution is 5.91. The van der Waals surface area contributed by atoms with E-state index in [1.807, 2.05) is 30.3 Å². The molecule has 0 unspecified atom stereocenters. The van der Waals surface area contributed by atoms with Gasteiger partial charge in [-0.1, -0.05) is 30.3 Å². The van der Waals surface area contributed by atoms with E-state index in [2.05, 4.69) is 4.98 Å². The maximum absolute atomic E-state index is 11.4. The first-order valence-electron chi connectivity index (χ1n) is 4.76. The number of hydrogen-bond acceptors (Lipinski definition) is 2. The molecule has 0 aliphatic rings. The van der Waals surface area contributed by atoms with Crippen LogP contribution in [-0.4, -0.2) is 10.9 Å². The van der Waals surface area contributed by atoms with Gasteiger partial charge in [0.05, 0.1) is 0 Å². The van der Waals surface area contributed by atoms with Crippen LogP contribution in [0, 0.1) is 0 Å². The smallest absolute Gasteiger partial charge is 0.265 e. The van der Waals surface area contributed by atoms with E-state index in [0.29, 0.717) is 5.69 Å². The lowest BCUT2D eigenvalue weighted by molar-refractivity contribution is 0.0995. The highest BCUT2D eigenvalue weighted by Gasteiger charge is 2.05. The number of amides is 1. The van der Waals surface area contributed by atoms with Gasteiger partial charge in [0.15, 0.2) is 5.43 Å². The summed E-state index contributed by atoms with van der Waals surface area (Å²) in [5.41, 5.74) is 6.41. The summed E-state index contributed by atoms with van der Waals surface area (Å²) in [5, 5.41) is 0. The molecule has 0 saturated heterocycles. The van der Waals surface area contributed by atoms with Crippen molar-refractivity contribution in [3.05, 3.63) is 58.4 Å². The van der Waals surface area contributed by atoms with Crippen LogP contribution in [0.2, 0.25) is 0 Å². The number of hydrogen-bond donors (Lipinski definition) is 2. The number of nitrogens with two attached hydrogens (primary N) is 1. The summed E-state index contributed by atoms with van der Waals surface area (Å²) in [6.45, 7) is 0. The van der Waals surface area contributed by atoms with Crippen molar-refractivity contribution in [3.8, 4) is 11.3 Å². The second kappa shape index (κ2) is 4.02. The van der Waals surface area contributed by atoms with Gasteiger partial charge in [-0.2, -0.15) is 0 Å². The molecule has 1 aromatic carbocycles. The number of carbonyl (C=O) groups is 1. The van der Waals surface area contributed by atoms with Gasteiger partial charge < -0.3 is 10.7 Å². The summed E-state index contributed by atoms with van der Waals surface area (Å²) in [4.78, 5) is 25.2. The summed E-state index contributed by atoms with van der Waals surface area (Å²) in [5.74, 6) is -0.644. The quantitative estimate of drug-likeness (QED) is 0.786. The van der Waals surface area contributed by atoms with Gasteiger partial charge in [0.25, 0.3) is 5.91 Å². The molecule has 2 aromatic rings. The average molecular weight is 214 g/mol. The Morgan fingerprint density at radius 2 is 1.81 bits per heavy atom. The molecule has 16 heavy (non-hydrogen) atoms. The molecular weight excluding hydrogens is 204 g/mol. The van der Waals surface area contributed by atoms with Gasteiger partial charge in [-0.15, -0.1) is 0 Å². The predicted octanol–water partition coefficient (Wildman–Crippen LogP) is 1.14. The van der Waals surface area contributed by atoms with Gasteiger partial charge in [-0.25, -0.2) is 0 Å². The lowest BCUT2D eigenvalue weighted by atomic mass is 10.1. The number of aromatic amines is 1. The SMILES string of the molecule is NC(=O)c1cc(=O)cc(-c2ccccc2)[nH]1. The van der Waals surface area contributed by atoms with Crippen molar-refractivity contribution in [1.29, 1.82) is 0 Å². The zero-order valence-electron chi connectivity index (χ0n) is 8.44. The van der Waals surface area contributed by atoms with Gasteiger partial charge in [-0.3, -0.25) is 9.59 Å². The van der Waals surface area contributed by atoms with E-state index >= 15 is 0 Å². The molecule has 1 aromatic heterocycles. The lowest BCUT2D eigenvalue weighted by Crippen LogP contribution is -2.16. The number of carbonyl (C=O) groups excluding carboxylic acids is 1. The van der Waals surface area contributed by atoms with Gasteiger partial charge in [-0.05, 0) is 5.56 Å². The van der Waals surface area contributed by atoms with Crippen LogP contribution in [0.3, 0.4) is 0 Å². The zero-order valence-corrected chi connectivity index (χ0v) is 8.44. The van der Waals surface area contributed by atoms with Crippen molar-refractivity contribution < 1.29 is 4.79 Å². The zero-order chi connectivity index (χ0) is 11.5. The number of primary amides is 1. The summed E-state index contributed by atoms with van der Waals surface area (Å²) in [6, 6.07) is 11.9. The van der Waals surface area contributed by atoms with Crippen molar-refractivity contribution in [2.45, 2.75) is 0 Å². The summed E-state index contributed by atoms with van der Waals surface area (Å²) in [6.07, 6.45) is 0. The minimum Gasteiger partial charge on any atom is -0.364 e. The highest BCUT2D eigenvalue weighted by atomic mass is 16.1. The van der Waals surface area contributed by atoms with E-state index in [4.69, 9.17) is 5.73 Å². The Balaban J connectivity index is 2.58. The minimum atomic E-state index is -0.644. The van der Waals surface area contributed by atoms with Crippen molar-refractivity contribution in [3.63, 3.8) is 0 Å². The third-order valence-corrected chi connectivity index (χ3v) is 2.19. The monoisotopic (exact) mass is 214 g/mol. The van der Waals surface area contributed by atoms with E-state index in [9.17, 15) is 9.59 Å². The Morgan fingerprint density at radius 1 is 1.12 bits per heavy atom. The molecule has 4 heteroatoms. The van der Waals surface area contributed by atoms with Gasteiger partial charge in [0.2, 0.25) is 0 Å². The molecule has 1 amide bonds. The Bertz CT molecular complexity index is 573. The first-order valence-corrected chi connectivity index (χ1v) is 4.76. The second-order valence-electron chi connectivity index (χ2n) is 3.37. The molecule has 0 aliphatic heterocycles.